The third-order valence-electron chi connectivity index (χ3n) is 8.50. The molecule has 4 aromatic rings. The summed E-state index contributed by atoms with van der Waals surface area (Å²) in [5.74, 6) is 0.161. The van der Waals surface area contributed by atoms with Gasteiger partial charge in [-0.1, -0.05) is 83.9 Å². The van der Waals surface area contributed by atoms with E-state index in [2.05, 4.69) is 5.32 Å². The van der Waals surface area contributed by atoms with Gasteiger partial charge >= 0.3 is 0 Å². The quantitative estimate of drug-likeness (QED) is 0.158. The maximum atomic E-state index is 14.1. The van der Waals surface area contributed by atoms with Crippen LogP contribution in [0.15, 0.2) is 102 Å². The Balaban J connectivity index is 1.38. The van der Waals surface area contributed by atoms with E-state index in [1.165, 1.54) is 4.31 Å². The lowest BCUT2D eigenvalue weighted by Gasteiger charge is -2.32. The van der Waals surface area contributed by atoms with Gasteiger partial charge in [0.25, 0.3) is 0 Å². The minimum atomic E-state index is -3.53. The van der Waals surface area contributed by atoms with E-state index in [0.29, 0.717) is 47.3 Å². The predicted molar refractivity (Wildman–Crippen MR) is 189 cm³/mol. The average Bonchev–Trinajstić information content (AvgIpc) is 3.66. The van der Waals surface area contributed by atoms with Crippen LogP contribution in [0.25, 0.3) is 0 Å². The zero-order valence-electron chi connectivity index (χ0n) is 26.8. The molecule has 1 aliphatic heterocycles. The Labute approximate surface area is 292 Å². The second-order valence-electron chi connectivity index (χ2n) is 11.8. The number of benzene rings is 4. The SMILES string of the molecule is COc1ccc(CN(C(=O)CCc2ccc(S(=O)(=O)N3CCCC3)cc2)[C@@H](Cc2ccccc2)C(=O)NCc2ccc(Cl)cc2Cl)cc1. The first-order valence-electron chi connectivity index (χ1n) is 15.9. The fourth-order valence-corrected chi connectivity index (χ4v) is 7.74. The number of halogens is 2. The van der Waals surface area contributed by atoms with Crippen molar-refractivity contribution in [3.8, 4) is 5.75 Å². The summed E-state index contributed by atoms with van der Waals surface area (Å²) in [6.45, 7) is 1.43. The Morgan fingerprint density at radius 1 is 0.875 bits per heavy atom. The highest BCUT2D eigenvalue weighted by Crippen LogP contribution is 2.24. The third-order valence-corrected chi connectivity index (χ3v) is 11.0. The van der Waals surface area contributed by atoms with Gasteiger partial charge in [0.15, 0.2) is 0 Å². The van der Waals surface area contributed by atoms with Crippen LogP contribution >= 0.6 is 23.2 Å². The van der Waals surface area contributed by atoms with Crippen LogP contribution in [0.5, 0.6) is 5.75 Å². The summed E-state index contributed by atoms with van der Waals surface area (Å²) >= 11 is 12.5. The van der Waals surface area contributed by atoms with Crippen LogP contribution in [0.3, 0.4) is 0 Å². The second kappa shape index (κ2) is 16.5. The van der Waals surface area contributed by atoms with Crippen LogP contribution in [0.4, 0.5) is 0 Å². The van der Waals surface area contributed by atoms with Gasteiger partial charge in [-0.25, -0.2) is 8.42 Å². The predicted octanol–water partition coefficient (Wildman–Crippen LogP) is 6.68. The molecule has 0 bridgehead atoms. The number of nitrogens with one attached hydrogen (secondary N) is 1. The lowest BCUT2D eigenvalue weighted by molar-refractivity contribution is -0.141. The van der Waals surface area contributed by atoms with Gasteiger partial charge in [-0.2, -0.15) is 4.31 Å². The molecule has 1 atom stereocenters. The molecule has 2 amide bonds. The molecule has 1 N–H and O–H groups in total. The van der Waals surface area contributed by atoms with Crippen LogP contribution in [0.2, 0.25) is 10.0 Å². The van der Waals surface area contributed by atoms with E-state index in [4.69, 9.17) is 27.9 Å². The molecule has 0 saturated carbocycles. The molecule has 1 saturated heterocycles. The summed E-state index contributed by atoms with van der Waals surface area (Å²) in [4.78, 5) is 30.0. The summed E-state index contributed by atoms with van der Waals surface area (Å²) in [6, 6.07) is 28.0. The number of nitrogens with zero attached hydrogens (tertiary/aromatic N) is 2. The molecule has 4 aromatic carbocycles. The Morgan fingerprint density at radius 3 is 2.19 bits per heavy atom. The zero-order valence-corrected chi connectivity index (χ0v) is 29.1. The van der Waals surface area contributed by atoms with Crippen LogP contribution in [-0.4, -0.2) is 55.7 Å². The monoisotopic (exact) mass is 707 g/mol. The van der Waals surface area contributed by atoms with Crippen molar-refractivity contribution in [3.63, 3.8) is 0 Å². The van der Waals surface area contributed by atoms with Gasteiger partial charge in [-0.05, 0) is 77.9 Å². The van der Waals surface area contributed by atoms with E-state index in [9.17, 15) is 18.0 Å². The van der Waals surface area contributed by atoms with E-state index < -0.39 is 16.1 Å². The summed E-state index contributed by atoms with van der Waals surface area (Å²) in [7, 11) is -1.94. The van der Waals surface area contributed by atoms with Crippen molar-refractivity contribution in [2.45, 2.75) is 56.1 Å². The highest BCUT2D eigenvalue weighted by molar-refractivity contribution is 7.89. The lowest BCUT2D eigenvalue weighted by Crippen LogP contribution is -2.50. The first-order chi connectivity index (χ1) is 23.1. The number of hydrogen-bond acceptors (Lipinski definition) is 5. The molecule has 1 aliphatic rings. The van der Waals surface area contributed by atoms with Crippen molar-refractivity contribution >= 4 is 45.0 Å². The number of rotatable bonds is 14. The topological polar surface area (TPSA) is 96.0 Å². The molecule has 8 nitrogen and oxygen atoms in total. The average molecular weight is 709 g/mol. The standard InChI is InChI=1S/C37H39Cl2N3O5S/c1-47-32-16-9-29(10-17-32)26-42(36(43)20-13-27-11-18-33(19-12-27)48(45,46)41-21-5-6-22-41)35(23-28-7-3-2-4-8-28)37(44)40-25-30-14-15-31(38)24-34(30)39/h2-4,7-12,14-19,24,35H,5-6,13,20-23,25-26H2,1H3,(H,40,44)/t35-/m0/s1. The molecule has 1 fully saturated rings. The summed E-state index contributed by atoms with van der Waals surface area (Å²) in [6.07, 6.45) is 2.53. The maximum Gasteiger partial charge on any atom is 0.243 e. The van der Waals surface area contributed by atoms with Gasteiger partial charge in [-0.15, -0.1) is 0 Å². The van der Waals surface area contributed by atoms with Gasteiger partial charge in [0, 0.05) is 49.1 Å². The van der Waals surface area contributed by atoms with Crippen LogP contribution in [0, 0.1) is 0 Å². The number of carbonyl (C=O) groups is 2. The molecule has 0 unspecified atom stereocenters. The second-order valence-corrected chi connectivity index (χ2v) is 14.6. The smallest absolute Gasteiger partial charge is 0.243 e. The number of aryl methyl sites for hydroxylation is 1. The molecule has 1 heterocycles. The van der Waals surface area contributed by atoms with E-state index in [1.807, 2.05) is 54.6 Å². The van der Waals surface area contributed by atoms with Crippen molar-refractivity contribution in [1.29, 1.82) is 0 Å². The summed E-state index contributed by atoms with van der Waals surface area (Å²) < 4.78 is 32.8. The normalized spacial score (nSPS) is 14.0. The molecule has 252 valence electrons. The van der Waals surface area contributed by atoms with E-state index >= 15 is 0 Å². The fraction of sp³-hybridized carbons (Fsp3) is 0.297. The number of hydrogen-bond donors (Lipinski definition) is 1. The van der Waals surface area contributed by atoms with Crippen molar-refractivity contribution in [1.82, 2.24) is 14.5 Å². The highest BCUT2D eigenvalue weighted by Gasteiger charge is 2.31. The molecule has 48 heavy (non-hydrogen) atoms. The van der Waals surface area contributed by atoms with Crippen molar-refractivity contribution in [3.05, 3.63) is 129 Å². The van der Waals surface area contributed by atoms with Crippen LogP contribution in [-0.2, 0) is 45.5 Å². The third kappa shape index (κ3) is 9.17. The van der Waals surface area contributed by atoms with Gasteiger partial charge in [0.2, 0.25) is 21.8 Å². The Morgan fingerprint density at radius 2 is 1.54 bits per heavy atom. The van der Waals surface area contributed by atoms with Crippen LogP contribution < -0.4 is 10.1 Å². The van der Waals surface area contributed by atoms with Crippen molar-refractivity contribution in [2.75, 3.05) is 20.2 Å². The van der Waals surface area contributed by atoms with E-state index in [0.717, 1.165) is 29.5 Å². The first-order valence-corrected chi connectivity index (χ1v) is 18.1. The van der Waals surface area contributed by atoms with Gasteiger partial charge < -0.3 is 15.0 Å². The summed E-state index contributed by atoms with van der Waals surface area (Å²) in [5, 5.41) is 3.93. The van der Waals surface area contributed by atoms with E-state index in [1.54, 1.807) is 54.5 Å². The molecule has 0 spiro atoms. The Bertz CT molecular complexity index is 1800. The Hall–Kier alpha value is -3.89. The maximum absolute atomic E-state index is 14.1. The lowest BCUT2D eigenvalue weighted by atomic mass is 10.0. The first kappa shape index (κ1) is 35.4. The van der Waals surface area contributed by atoms with Crippen molar-refractivity contribution in [2.24, 2.45) is 0 Å². The molecule has 0 aromatic heterocycles. The number of methoxy groups -OCH3 is 1. The molecular weight excluding hydrogens is 669 g/mol. The molecule has 5 rings (SSSR count). The molecule has 0 aliphatic carbocycles. The highest BCUT2D eigenvalue weighted by atomic mass is 35.5. The fourth-order valence-electron chi connectivity index (χ4n) is 5.75. The molecule has 0 radical (unpaired) electrons. The summed E-state index contributed by atoms with van der Waals surface area (Å²) in [5.41, 5.74) is 3.28. The number of ether oxygens (including phenoxy) is 1. The molecular formula is C37H39Cl2N3O5S. The number of amides is 2. The largest absolute Gasteiger partial charge is 0.497 e. The van der Waals surface area contributed by atoms with Crippen molar-refractivity contribution < 1.29 is 22.7 Å². The minimum absolute atomic E-state index is 0.121. The zero-order chi connectivity index (χ0) is 34.1. The minimum Gasteiger partial charge on any atom is -0.497 e. The number of carbonyl (C=O) groups excluding carboxylic acids is 2. The van der Waals surface area contributed by atoms with Gasteiger partial charge in [-0.3, -0.25) is 9.59 Å². The van der Waals surface area contributed by atoms with Gasteiger partial charge in [0.1, 0.15) is 11.8 Å². The molecule has 11 heteroatoms. The van der Waals surface area contributed by atoms with E-state index in [-0.39, 0.29) is 36.2 Å². The van der Waals surface area contributed by atoms with Gasteiger partial charge in [0.05, 0.1) is 12.0 Å². The number of sulfonamides is 1. The Kier molecular flexibility index (Phi) is 12.2. The van der Waals surface area contributed by atoms with Crippen LogP contribution in [0.1, 0.15) is 41.5 Å².